The van der Waals surface area contributed by atoms with Crippen molar-refractivity contribution < 1.29 is 0 Å². The Balaban J connectivity index is 2.07. The molecule has 1 N–H and O–H groups in total. The topological polar surface area (TPSA) is 55.6 Å². The Hall–Kier alpha value is -1.66. The van der Waals surface area contributed by atoms with Crippen LogP contribution in [0.5, 0.6) is 0 Å². The van der Waals surface area contributed by atoms with E-state index in [0.717, 1.165) is 28.4 Å². The summed E-state index contributed by atoms with van der Waals surface area (Å²) in [6.45, 7) is 7.63. The van der Waals surface area contributed by atoms with E-state index in [9.17, 15) is 0 Å². The Morgan fingerprint density at radius 3 is 2.81 bits per heavy atom. The van der Waals surface area contributed by atoms with Crippen LogP contribution in [0.4, 0.5) is 5.82 Å². The minimum Gasteiger partial charge on any atom is -0.370 e. The third-order valence-corrected chi connectivity index (χ3v) is 4.62. The van der Waals surface area contributed by atoms with Crippen molar-refractivity contribution in [1.82, 2.24) is 19.7 Å². The second-order valence-corrected chi connectivity index (χ2v) is 6.48. The standard InChI is InChI=1S/C14H16ClN5S/c1-4-16-13-12-8(2)9(3)21-14(12)19-11(18-13)7-20-6-10(15)5-17-20/h5-6H,4,7H2,1-3H3,(H,16,18,19). The van der Waals surface area contributed by atoms with E-state index in [4.69, 9.17) is 11.6 Å². The number of nitrogens with zero attached hydrogens (tertiary/aromatic N) is 4. The Bertz CT molecular complexity index is 792. The average molecular weight is 322 g/mol. The Morgan fingerprint density at radius 2 is 2.14 bits per heavy atom. The molecule has 21 heavy (non-hydrogen) atoms. The molecule has 0 aliphatic heterocycles. The predicted octanol–water partition coefficient (Wildman–Crippen LogP) is 3.64. The maximum absolute atomic E-state index is 5.89. The van der Waals surface area contributed by atoms with Gasteiger partial charge >= 0.3 is 0 Å². The normalized spacial score (nSPS) is 11.2. The second-order valence-electron chi connectivity index (χ2n) is 4.84. The van der Waals surface area contributed by atoms with E-state index >= 15 is 0 Å². The molecule has 0 amide bonds. The summed E-state index contributed by atoms with van der Waals surface area (Å²) < 4.78 is 1.74. The lowest BCUT2D eigenvalue weighted by Gasteiger charge is -2.08. The van der Waals surface area contributed by atoms with Gasteiger partial charge in [0.1, 0.15) is 17.2 Å². The average Bonchev–Trinajstić information content (AvgIpc) is 2.95. The van der Waals surface area contributed by atoms with Crippen LogP contribution < -0.4 is 5.32 Å². The maximum atomic E-state index is 5.89. The monoisotopic (exact) mass is 321 g/mol. The van der Waals surface area contributed by atoms with Crippen LogP contribution in [0.3, 0.4) is 0 Å². The van der Waals surface area contributed by atoms with Crippen LogP contribution in [0, 0.1) is 13.8 Å². The van der Waals surface area contributed by atoms with E-state index < -0.39 is 0 Å². The van der Waals surface area contributed by atoms with Crippen LogP contribution >= 0.6 is 22.9 Å². The summed E-state index contributed by atoms with van der Waals surface area (Å²) in [6, 6.07) is 0. The molecule has 3 heterocycles. The van der Waals surface area contributed by atoms with Gasteiger partial charge in [0, 0.05) is 17.6 Å². The molecule has 3 aromatic heterocycles. The number of hydrogen-bond acceptors (Lipinski definition) is 5. The van der Waals surface area contributed by atoms with Crippen molar-refractivity contribution in [1.29, 1.82) is 0 Å². The minimum atomic E-state index is 0.511. The lowest BCUT2D eigenvalue weighted by Crippen LogP contribution is -2.08. The fourth-order valence-corrected chi connectivity index (χ4v) is 3.43. The van der Waals surface area contributed by atoms with Crippen LogP contribution in [0.1, 0.15) is 23.2 Å². The number of fused-ring (bicyclic) bond motifs is 1. The number of aromatic nitrogens is 4. The molecule has 0 radical (unpaired) electrons. The van der Waals surface area contributed by atoms with E-state index in [-0.39, 0.29) is 0 Å². The first-order valence-corrected chi connectivity index (χ1v) is 7.96. The molecule has 0 aliphatic rings. The lowest BCUT2D eigenvalue weighted by atomic mass is 10.2. The third-order valence-electron chi connectivity index (χ3n) is 3.32. The van der Waals surface area contributed by atoms with E-state index in [1.54, 1.807) is 28.4 Å². The van der Waals surface area contributed by atoms with E-state index in [0.29, 0.717) is 11.6 Å². The smallest absolute Gasteiger partial charge is 0.153 e. The molecule has 3 rings (SSSR count). The maximum Gasteiger partial charge on any atom is 0.153 e. The Morgan fingerprint density at radius 1 is 1.33 bits per heavy atom. The van der Waals surface area contributed by atoms with Crippen molar-refractivity contribution in [2.75, 3.05) is 11.9 Å². The number of halogens is 1. The molecular weight excluding hydrogens is 306 g/mol. The first kappa shape index (κ1) is 14.3. The summed E-state index contributed by atoms with van der Waals surface area (Å²) in [6.07, 6.45) is 3.39. The van der Waals surface area contributed by atoms with E-state index in [1.165, 1.54) is 10.4 Å². The Labute approximate surface area is 132 Å². The zero-order valence-electron chi connectivity index (χ0n) is 12.1. The fourth-order valence-electron chi connectivity index (χ4n) is 2.23. The number of rotatable bonds is 4. The number of hydrogen-bond donors (Lipinski definition) is 1. The van der Waals surface area contributed by atoms with E-state index in [2.05, 4.69) is 41.2 Å². The van der Waals surface area contributed by atoms with Crippen LogP contribution in [0.25, 0.3) is 10.2 Å². The highest BCUT2D eigenvalue weighted by Gasteiger charge is 2.14. The van der Waals surface area contributed by atoms with Crippen molar-refractivity contribution in [3.05, 3.63) is 33.7 Å². The lowest BCUT2D eigenvalue weighted by molar-refractivity contribution is 0.659. The van der Waals surface area contributed by atoms with Crippen molar-refractivity contribution in [3.63, 3.8) is 0 Å². The zero-order chi connectivity index (χ0) is 15.0. The van der Waals surface area contributed by atoms with E-state index in [1.807, 2.05) is 0 Å². The van der Waals surface area contributed by atoms with Gasteiger partial charge in [-0.3, -0.25) is 4.68 Å². The zero-order valence-corrected chi connectivity index (χ0v) is 13.7. The van der Waals surface area contributed by atoms with Gasteiger partial charge in [-0.2, -0.15) is 5.10 Å². The molecule has 0 spiro atoms. The molecule has 0 fully saturated rings. The molecule has 110 valence electrons. The Kier molecular flexibility index (Phi) is 3.82. The van der Waals surface area contributed by atoms with Crippen LogP contribution in [0.2, 0.25) is 5.02 Å². The van der Waals surface area contributed by atoms with Crippen molar-refractivity contribution in [2.45, 2.75) is 27.3 Å². The van der Waals surface area contributed by atoms with Gasteiger partial charge in [0.05, 0.1) is 16.6 Å². The first-order valence-electron chi connectivity index (χ1n) is 6.77. The number of anilines is 1. The van der Waals surface area contributed by atoms with Gasteiger partial charge in [-0.1, -0.05) is 11.6 Å². The van der Waals surface area contributed by atoms with Crippen molar-refractivity contribution in [2.24, 2.45) is 0 Å². The first-order chi connectivity index (χ1) is 10.1. The summed E-state index contributed by atoms with van der Waals surface area (Å²) in [4.78, 5) is 11.6. The summed E-state index contributed by atoms with van der Waals surface area (Å²) in [5.74, 6) is 1.64. The summed E-state index contributed by atoms with van der Waals surface area (Å²) in [7, 11) is 0. The highest BCUT2D eigenvalue weighted by atomic mass is 35.5. The van der Waals surface area contributed by atoms with Gasteiger partial charge in [0.15, 0.2) is 5.82 Å². The highest BCUT2D eigenvalue weighted by Crippen LogP contribution is 2.33. The summed E-state index contributed by atoms with van der Waals surface area (Å²) in [5, 5.41) is 9.26. The molecule has 0 saturated carbocycles. The van der Waals surface area contributed by atoms with Gasteiger partial charge in [-0.25, -0.2) is 9.97 Å². The van der Waals surface area contributed by atoms with Gasteiger partial charge in [0.25, 0.3) is 0 Å². The van der Waals surface area contributed by atoms with Gasteiger partial charge in [0.2, 0.25) is 0 Å². The number of thiophene rings is 1. The van der Waals surface area contributed by atoms with Gasteiger partial charge < -0.3 is 5.32 Å². The second kappa shape index (κ2) is 5.61. The molecule has 0 atom stereocenters. The molecular formula is C14H16ClN5S. The van der Waals surface area contributed by atoms with Gasteiger partial charge in [-0.05, 0) is 26.3 Å². The molecule has 0 unspecified atom stereocenters. The van der Waals surface area contributed by atoms with Crippen molar-refractivity contribution >= 4 is 39.0 Å². The van der Waals surface area contributed by atoms with Crippen molar-refractivity contribution in [3.8, 4) is 0 Å². The number of nitrogens with one attached hydrogen (secondary N) is 1. The fraction of sp³-hybridized carbons (Fsp3) is 0.357. The summed E-state index contributed by atoms with van der Waals surface area (Å²) in [5.41, 5.74) is 1.25. The minimum absolute atomic E-state index is 0.511. The molecule has 0 aromatic carbocycles. The molecule has 5 nitrogen and oxygen atoms in total. The largest absolute Gasteiger partial charge is 0.370 e. The molecule has 0 aliphatic carbocycles. The summed E-state index contributed by atoms with van der Waals surface area (Å²) >= 11 is 7.59. The van der Waals surface area contributed by atoms with Crippen LogP contribution in [-0.2, 0) is 6.54 Å². The number of aryl methyl sites for hydroxylation is 2. The molecule has 7 heteroatoms. The molecule has 3 aromatic rings. The third kappa shape index (κ3) is 2.73. The highest BCUT2D eigenvalue weighted by molar-refractivity contribution is 7.18. The predicted molar refractivity (Wildman–Crippen MR) is 87.4 cm³/mol. The molecule has 0 bridgehead atoms. The SMILES string of the molecule is CCNc1nc(Cn2cc(Cl)cn2)nc2sc(C)c(C)c12. The quantitative estimate of drug-likeness (QED) is 0.797. The molecule has 0 saturated heterocycles. The van der Waals surface area contributed by atoms with Gasteiger partial charge in [-0.15, -0.1) is 11.3 Å². The van der Waals surface area contributed by atoms with Crippen LogP contribution in [0.15, 0.2) is 12.4 Å². The van der Waals surface area contributed by atoms with Crippen LogP contribution in [-0.4, -0.2) is 26.3 Å².